The average Bonchev–Trinajstić information content (AvgIpc) is 3.20. The summed E-state index contributed by atoms with van der Waals surface area (Å²) in [5, 5.41) is 15.9. The average molecular weight is 368 g/mol. The molecule has 1 unspecified atom stereocenters. The normalized spacial score (nSPS) is 16.6. The molecule has 1 aromatic carbocycles. The first-order valence-corrected chi connectivity index (χ1v) is 8.99. The maximum atomic E-state index is 13.4. The molecule has 1 aliphatic heterocycles. The molecule has 0 saturated heterocycles. The summed E-state index contributed by atoms with van der Waals surface area (Å²) in [4.78, 5) is 12.5. The van der Waals surface area contributed by atoms with E-state index in [1.54, 1.807) is 23.9 Å². The smallest absolute Gasteiger partial charge is 0.251 e. The predicted octanol–water partition coefficient (Wildman–Crippen LogP) is 2.26. The van der Waals surface area contributed by atoms with Crippen LogP contribution in [0.1, 0.15) is 34.6 Å². The maximum absolute atomic E-state index is 13.4. The number of nitrogens with zero attached hydrogens (tertiary/aromatic N) is 5. The van der Waals surface area contributed by atoms with Crippen molar-refractivity contribution in [1.82, 2.24) is 29.9 Å². The molecule has 8 heteroatoms. The highest BCUT2D eigenvalue weighted by Gasteiger charge is 2.23. The molecule has 140 valence electrons. The summed E-state index contributed by atoms with van der Waals surface area (Å²) in [6, 6.07) is 4.46. The molecule has 1 aliphatic rings. The third-order valence-corrected chi connectivity index (χ3v) is 4.96. The second-order valence-electron chi connectivity index (χ2n) is 6.96. The van der Waals surface area contributed by atoms with Crippen LogP contribution in [0.4, 0.5) is 4.39 Å². The fourth-order valence-corrected chi connectivity index (χ4v) is 3.44. The van der Waals surface area contributed by atoms with Gasteiger partial charge in [0.2, 0.25) is 0 Å². The van der Waals surface area contributed by atoms with E-state index in [9.17, 15) is 9.18 Å². The van der Waals surface area contributed by atoms with Crippen molar-refractivity contribution in [2.45, 2.75) is 38.8 Å². The monoisotopic (exact) mass is 368 g/mol. The lowest BCUT2D eigenvalue weighted by Crippen LogP contribution is -2.35. The van der Waals surface area contributed by atoms with Gasteiger partial charge in [0.15, 0.2) is 5.82 Å². The van der Waals surface area contributed by atoms with Crippen molar-refractivity contribution in [3.63, 3.8) is 0 Å². The number of aromatic nitrogens is 5. The van der Waals surface area contributed by atoms with Crippen molar-refractivity contribution in [2.24, 2.45) is 7.05 Å². The Morgan fingerprint density at radius 2 is 2.15 bits per heavy atom. The Kier molecular flexibility index (Phi) is 4.47. The lowest BCUT2D eigenvalue weighted by atomic mass is 10.1. The minimum atomic E-state index is -0.304. The van der Waals surface area contributed by atoms with E-state index in [4.69, 9.17) is 0 Å². The van der Waals surface area contributed by atoms with Gasteiger partial charge in [-0.3, -0.25) is 9.48 Å². The second kappa shape index (κ2) is 6.94. The van der Waals surface area contributed by atoms with Crippen LogP contribution in [0, 0.1) is 12.7 Å². The highest BCUT2D eigenvalue weighted by atomic mass is 19.1. The standard InChI is InChI=1S/C19H21FN6O/c1-12-9-13(3-5-16(12)20)19(27)22-15-4-6-17-23-24-18(26(17)8-7-15)14-10-21-25(2)11-14/h3,5,9-11,15H,4,6-8H2,1-2H3,(H,22,27). The SMILES string of the molecule is Cc1cc(C(=O)NC2CCc3nnc(-c4cnn(C)c4)n3CC2)ccc1F. The van der Waals surface area contributed by atoms with E-state index in [0.29, 0.717) is 11.1 Å². The molecular weight excluding hydrogens is 347 g/mol. The number of carbonyl (C=O) groups excluding carboxylic acids is 1. The number of amides is 1. The minimum absolute atomic E-state index is 0.0336. The van der Waals surface area contributed by atoms with E-state index in [1.807, 2.05) is 13.2 Å². The third-order valence-electron chi connectivity index (χ3n) is 4.96. The van der Waals surface area contributed by atoms with E-state index >= 15 is 0 Å². The van der Waals surface area contributed by atoms with Gasteiger partial charge < -0.3 is 9.88 Å². The number of nitrogens with one attached hydrogen (secondary N) is 1. The Morgan fingerprint density at radius 3 is 2.89 bits per heavy atom. The molecule has 1 amide bonds. The zero-order valence-electron chi connectivity index (χ0n) is 15.3. The number of hydrogen-bond acceptors (Lipinski definition) is 4. The van der Waals surface area contributed by atoms with Gasteiger partial charge in [-0.15, -0.1) is 10.2 Å². The van der Waals surface area contributed by atoms with Gasteiger partial charge in [-0.2, -0.15) is 5.10 Å². The molecule has 4 rings (SSSR count). The van der Waals surface area contributed by atoms with Gasteiger partial charge >= 0.3 is 0 Å². The highest BCUT2D eigenvalue weighted by molar-refractivity contribution is 5.94. The molecule has 3 heterocycles. The molecule has 27 heavy (non-hydrogen) atoms. The first-order valence-electron chi connectivity index (χ1n) is 8.99. The van der Waals surface area contributed by atoms with E-state index in [0.717, 1.165) is 43.0 Å². The van der Waals surface area contributed by atoms with Crippen molar-refractivity contribution >= 4 is 5.91 Å². The van der Waals surface area contributed by atoms with Crippen LogP contribution in [0.2, 0.25) is 0 Å². The van der Waals surface area contributed by atoms with Crippen LogP contribution in [0.25, 0.3) is 11.4 Å². The van der Waals surface area contributed by atoms with Gasteiger partial charge in [-0.1, -0.05) is 0 Å². The lowest BCUT2D eigenvalue weighted by Gasteiger charge is -2.16. The summed E-state index contributed by atoms with van der Waals surface area (Å²) in [7, 11) is 1.87. The van der Waals surface area contributed by atoms with Gasteiger partial charge in [-0.05, 0) is 43.5 Å². The van der Waals surface area contributed by atoms with Gasteiger partial charge in [-0.25, -0.2) is 4.39 Å². The van der Waals surface area contributed by atoms with Crippen LogP contribution < -0.4 is 5.32 Å². The Hall–Kier alpha value is -3.03. The number of aryl methyl sites for hydroxylation is 3. The van der Waals surface area contributed by atoms with E-state index in [1.165, 1.54) is 12.1 Å². The number of carbonyl (C=O) groups is 1. The van der Waals surface area contributed by atoms with Crippen LogP contribution in [-0.4, -0.2) is 36.5 Å². The van der Waals surface area contributed by atoms with Crippen molar-refractivity contribution in [1.29, 1.82) is 0 Å². The number of rotatable bonds is 3. The molecule has 0 fully saturated rings. The van der Waals surface area contributed by atoms with Crippen LogP contribution in [0.3, 0.4) is 0 Å². The van der Waals surface area contributed by atoms with Crippen LogP contribution in [0.5, 0.6) is 0 Å². The van der Waals surface area contributed by atoms with Crippen molar-refractivity contribution in [3.05, 3.63) is 53.4 Å². The Bertz CT molecular complexity index is 992. The zero-order chi connectivity index (χ0) is 19.0. The molecule has 1 N–H and O–H groups in total. The summed E-state index contributed by atoms with van der Waals surface area (Å²) < 4.78 is 17.3. The Morgan fingerprint density at radius 1 is 1.30 bits per heavy atom. The summed E-state index contributed by atoms with van der Waals surface area (Å²) in [6.07, 6.45) is 6.00. The fraction of sp³-hybridized carbons (Fsp3) is 0.368. The molecule has 7 nitrogen and oxygen atoms in total. The summed E-state index contributed by atoms with van der Waals surface area (Å²) in [5.41, 5.74) is 1.88. The Balaban J connectivity index is 1.46. The molecule has 0 bridgehead atoms. The van der Waals surface area contributed by atoms with Gasteiger partial charge in [0, 0.05) is 37.8 Å². The zero-order valence-corrected chi connectivity index (χ0v) is 15.3. The van der Waals surface area contributed by atoms with Gasteiger partial charge in [0.1, 0.15) is 11.6 Å². The quantitative estimate of drug-likeness (QED) is 0.769. The summed E-state index contributed by atoms with van der Waals surface area (Å²) >= 11 is 0. The van der Waals surface area contributed by atoms with Gasteiger partial charge in [0.05, 0.1) is 11.8 Å². The molecule has 0 aliphatic carbocycles. The highest BCUT2D eigenvalue weighted by Crippen LogP contribution is 2.22. The van der Waals surface area contributed by atoms with E-state index in [2.05, 4.69) is 25.2 Å². The summed E-state index contributed by atoms with van der Waals surface area (Å²) in [6.45, 7) is 2.38. The number of hydrogen-bond donors (Lipinski definition) is 1. The minimum Gasteiger partial charge on any atom is -0.349 e. The predicted molar refractivity (Wildman–Crippen MR) is 97.6 cm³/mol. The molecule has 0 radical (unpaired) electrons. The van der Waals surface area contributed by atoms with Crippen LogP contribution in [0.15, 0.2) is 30.6 Å². The van der Waals surface area contributed by atoms with Crippen molar-refractivity contribution in [2.75, 3.05) is 0 Å². The molecule has 1 atom stereocenters. The third kappa shape index (κ3) is 3.47. The number of fused-ring (bicyclic) bond motifs is 1. The first-order chi connectivity index (χ1) is 13.0. The fourth-order valence-electron chi connectivity index (χ4n) is 3.44. The largest absolute Gasteiger partial charge is 0.349 e. The van der Waals surface area contributed by atoms with Crippen LogP contribution >= 0.6 is 0 Å². The molecule has 0 saturated carbocycles. The second-order valence-corrected chi connectivity index (χ2v) is 6.96. The van der Waals surface area contributed by atoms with E-state index < -0.39 is 0 Å². The molecule has 0 spiro atoms. The van der Waals surface area contributed by atoms with Gasteiger partial charge in [0.25, 0.3) is 5.91 Å². The molecular formula is C19H21FN6O. The lowest BCUT2D eigenvalue weighted by molar-refractivity contribution is 0.0933. The van der Waals surface area contributed by atoms with Crippen LogP contribution in [-0.2, 0) is 20.0 Å². The molecule has 3 aromatic rings. The summed E-state index contributed by atoms with van der Waals surface area (Å²) in [5.74, 6) is 1.25. The molecule has 2 aromatic heterocycles. The van der Waals surface area contributed by atoms with Crippen molar-refractivity contribution in [3.8, 4) is 11.4 Å². The first kappa shape index (κ1) is 17.4. The number of halogens is 1. The van der Waals surface area contributed by atoms with E-state index in [-0.39, 0.29) is 17.8 Å². The Labute approximate surface area is 156 Å². The topological polar surface area (TPSA) is 77.6 Å². The number of benzene rings is 1. The van der Waals surface area contributed by atoms with Crippen molar-refractivity contribution < 1.29 is 9.18 Å². The maximum Gasteiger partial charge on any atom is 0.251 e.